The number of hydrogen-bond donors (Lipinski definition) is 0. The number of aromatic nitrogens is 2. The molecule has 5 nitrogen and oxygen atoms in total. The zero-order chi connectivity index (χ0) is 14.4. The second kappa shape index (κ2) is 7.43. The lowest BCUT2D eigenvalue weighted by atomic mass is 10.1. The van der Waals surface area contributed by atoms with Gasteiger partial charge < -0.3 is 4.74 Å². The Bertz CT molecular complexity index is 423. The van der Waals surface area contributed by atoms with Gasteiger partial charge in [-0.2, -0.15) is 5.10 Å². The number of likely N-dealkylation sites (tertiary alicyclic amines) is 1. The first-order chi connectivity index (χ1) is 9.70. The van der Waals surface area contributed by atoms with Crippen LogP contribution in [0.15, 0.2) is 12.4 Å². The van der Waals surface area contributed by atoms with E-state index in [-0.39, 0.29) is 12.0 Å². The summed E-state index contributed by atoms with van der Waals surface area (Å²) >= 11 is 0. The molecule has 1 aromatic heterocycles. The van der Waals surface area contributed by atoms with E-state index >= 15 is 0 Å². The Kier molecular flexibility index (Phi) is 5.59. The van der Waals surface area contributed by atoms with Gasteiger partial charge >= 0.3 is 5.97 Å². The highest BCUT2D eigenvalue weighted by Gasteiger charge is 2.25. The fourth-order valence-electron chi connectivity index (χ4n) is 2.85. The predicted octanol–water partition coefficient (Wildman–Crippen LogP) is 2.29. The molecule has 5 heteroatoms. The average molecular weight is 279 g/mol. The van der Waals surface area contributed by atoms with Gasteiger partial charge in [0, 0.05) is 24.8 Å². The van der Waals surface area contributed by atoms with Crippen LogP contribution in [0, 0.1) is 0 Å². The Morgan fingerprint density at radius 3 is 2.60 bits per heavy atom. The molecule has 1 unspecified atom stereocenters. The summed E-state index contributed by atoms with van der Waals surface area (Å²) in [6.07, 6.45) is 9.29. The molecule has 1 saturated heterocycles. The molecule has 0 spiro atoms. The van der Waals surface area contributed by atoms with Crippen LogP contribution in [0.4, 0.5) is 0 Å². The van der Waals surface area contributed by atoms with Crippen LogP contribution in [0.3, 0.4) is 0 Å². The number of carbonyl (C=O) groups excluding carboxylic acids is 1. The zero-order valence-corrected chi connectivity index (χ0v) is 12.5. The molecule has 1 aliphatic heterocycles. The van der Waals surface area contributed by atoms with Crippen molar-refractivity contribution in [2.45, 2.75) is 45.1 Å². The molecule has 1 aromatic rings. The third-order valence-electron chi connectivity index (χ3n) is 3.86. The van der Waals surface area contributed by atoms with Crippen LogP contribution in [-0.2, 0) is 16.6 Å². The minimum absolute atomic E-state index is 0.0980. The molecule has 112 valence electrons. The normalized spacial score (nSPS) is 18.5. The predicted molar refractivity (Wildman–Crippen MR) is 77.2 cm³/mol. The number of hydrogen-bond acceptors (Lipinski definition) is 4. The van der Waals surface area contributed by atoms with Crippen LogP contribution in [0.1, 0.15) is 50.6 Å². The molecule has 0 aromatic carbocycles. The van der Waals surface area contributed by atoms with E-state index in [4.69, 9.17) is 4.74 Å². The van der Waals surface area contributed by atoms with Crippen LogP contribution in [0.25, 0.3) is 0 Å². The van der Waals surface area contributed by atoms with E-state index in [1.165, 1.54) is 25.7 Å². The molecule has 0 radical (unpaired) electrons. The fourth-order valence-corrected chi connectivity index (χ4v) is 2.85. The van der Waals surface area contributed by atoms with Crippen LogP contribution >= 0.6 is 0 Å². The van der Waals surface area contributed by atoms with Crippen molar-refractivity contribution in [2.75, 3.05) is 19.7 Å². The van der Waals surface area contributed by atoms with Crippen molar-refractivity contribution in [3.63, 3.8) is 0 Å². The largest absolute Gasteiger partial charge is 0.466 e. The standard InChI is InChI=1S/C15H25N3O2/c1-3-20-15(19)10-14(13-11-16-17(2)12-13)18-8-6-4-5-7-9-18/h11-12,14H,3-10H2,1-2H3. The van der Waals surface area contributed by atoms with Gasteiger partial charge in [-0.15, -0.1) is 0 Å². The molecule has 1 fully saturated rings. The lowest BCUT2D eigenvalue weighted by molar-refractivity contribution is -0.144. The molecule has 0 aliphatic carbocycles. The van der Waals surface area contributed by atoms with Gasteiger partial charge in [0.05, 0.1) is 19.2 Å². The van der Waals surface area contributed by atoms with E-state index in [2.05, 4.69) is 10.00 Å². The minimum atomic E-state index is -0.120. The Balaban J connectivity index is 2.12. The van der Waals surface area contributed by atoms with E-state index in [0.717, 1.165) is 18.7 Å². The fraction of sp³-hybridized carbons (Fsp3) is 0.733. The molecular weight excluding hydrogens is 254 g/mol. The van der Waals surface area contributed by atoms with Crippen molar-refractivity contribution >= 4 is 5.97 Å². The summed E-state index contributed by atoms with van der Waals surface area (Å²) in [6, 6.07) is 0.0980. The highest BCUT2D eigenvalue weighted by atomic mass is 16.5. The van der Waals surface area contributed by atoms with Gasteiger partial charge in [0.1, 0.15) is 0 Å². The smallest absolute Gasteiger partial charge is 0.307 e. The van der Waals surface area contributed by atoms with Gasteiger partial charge in [0.25, 0.3) is 0 Å². The van der Waals surface area contributed by atoms with E-state index in [9.17, 15) is 4.79 Å². The summed E-state index contributed by atoms with van der Waals surface area (Å²) in [5.74, 6) is -0.120. The number of nitrogens with zero attached hydrogens (tertiary/aromatic N) is 3. The Hall–Kier alpha value is -1.36. The van der Waals surface area contributed by atoms with Crippen molar-refractivity contribution in [1.82, 2.24) is 14.7 Å². The quantitative estimate of drug-likeness (QED) is 0.776. The second-order valence-corrected chi connectivity index (χ2v) is 5.42. The molecule has 0 amide bonds. The lowest BCUT2D eigenvalue weighted by Crippen LogP contribution is -2.31. The van der Waals surface area contributed by atoms with Crippen LogP contribution in [0.2, 0.25) is 0 Å². The van der Waals surface area contributed by atoms with E-state index in [1.54, 1.807) is 4.68 Å². The van der Waals surface area contributed by atoms with Crippen molar-refractivity contribution in [3.8, 4) is 0 Å². The second-order valence-electron chi connectivity index (χ2n) is 5.42. The molecule has 1 aliphatic rings. The maximum absolute atomic E-state index is 11.9. The summed E-state index contributed by atoms with van der Waals surface area (Å²) in [5.41, 5.74) is 1.11. The maximum Gasteiger partial charge on any atom is 0.307 e. The summed E-state index contributed by atoms with van der Waals surface area (Å²) in [5, 5.41) is 4.25. The SMILES string of the molecule is CCOC(=O)CC(c1cnn(C)c1)N1CCCCCC1. The molecule has 0 bridgehead atoms. The first-order valence-electron chi connectivity index (χ1n) is 7.59. The molecular formula is C15H25N3O2. The molecule has 2 heterocycles. The van der Waals surface area contributed by atoms with Crippen molar-refractivity contribution in [2.24, 2.45) is 7.05 Å². The van der Waals surface area contributed by atoms with Crippen LogP contribution in [0.5, 0.6) is 0 Å². The number of carbonyl (C=O) groups is 1. The first kappa shape index (κ1) is 15.0. The van der Waals surface area contributed by atoms with Gasteiger partial charge in [0.2, 0.25) is 0 Å². The van der Waals surface area contributed by atoms with Gasteiger partial charge in [-0.3, -0.25) is 14.4 Å². The highest BCUT2D eigenvalue weighted by molar-refractivity contribution is 5.70. The minimum Gasteiger partial charge on any atom is -0.466 e. The maximum atomic E-state index is 11.9. The molecule has 20 heavy (non-hydrogen) atoms. The summed E-state index contributed by atoms with van der Waals surface area (Å²) in [4.78, 5) is 14.3. The van der Waals surface area contributed by atoms with Gasteiger partial charge in [-0.05, 0) is 32.9 Å². The molecule has 0 N–H and O–H groups in total. The summed E-state index contributed by atoms with van der Waals surface area (Å²) < 4.78 is 6.93. The third kappa shape index (κ3) is 4.07. The number of rotatable bonds is 5. The topological polar surface area (TPSA) is 47.4 Å². The first-order valence-corrected chi connectivity index (χ1v) is 7.59. The van der Waals surface area contributed by atoms with Gasteiger partial charge in [0.15, 0.2) is 0 Å². The lowest BCUT2D eigenvalue weighted by Gasteiger charge is -2.29. The van der Waals surface area contributed by atoms with Crippen LogP contribution in [-0.4, -0.2) is 40.3 Å². The number of ether oxygens (including phenoxy) is 1. The number of esters is 1. The highest BCUT2D eigenvalue weighted by Crippen LogP contribution is 2.27. The third-order valence-corrected chi connectivity index (χ3v) is 3.86. The molecule has 2 rings (SSSR count). The Morgan fingerprint density at radius 2 is 2.05 bits per heavy atom. The van der Waals surface area contributed by atoms with Gasteiger partial charge in [-0.25, -0.2) is 0 Å². The van der Waals surface area contributed by atoms with Gasteiger partial charge in [-0.1, -0.05) is 12.8 Å². The monoisotopic (exact) mass is 279 g/mol. The van der Waals surface area contributed by atoms with Crippen molar-refractivity contribution < 1.29 is 9.53 Å². The Morgan fingerprint density at radius 1 is 1.35 bits per heavy atom. The van der Waals surface area contributed by atoms with Crippen molar-refractivity contribution in [3.05, 3.63) is 18.0 Å². The average Bonchev–Trinajstić information content (AvgIpc) is 2.69. The number of aryl methyl sites for hydroxylation is 1. The zero-order valence-electron chi connectivity index (χ0n) is 12.5. The van der Waals surface area contributed by atoms with Crippen molar-refractivity contribution in [1.29, 1.82) is 0 Å². The summed E-state index contributed by atoms with van der Waals surface area (Å²) in [6.45, 7) is 4.40. The molecule has 1 atom stereocenters. The summed E-state index contributed by atoms with van der Waals surface area (Å²) in [7, 11) is 1.91. The van der Waals surface area contributed by atoms with Crippen LogP contribution < -0.4 is 0 Å². The van der Waals surface area contributed by atoms with E-state index in [1.807, 2.05) is 26.4 Å². The molecule has 0 saturated carbocycles. The van der Waals surface area contributed by atoms with E-state index < -0.39 is 0 Å². The Labute approximate surface area is 120 Å². The van der Waals surface area contributed by atoms with E-state index in [0.29, 0.717) is 13.0 Å².